The van der Waals surface area contributed by atoms with Gasteiger partial charge in [-0.05, 0) is 49.3 Å². The van der Waals surface area contributed by atoms with Crippen molar-refractivity contribution in [3.05, 3.63) is 28.3 Å². The van der Waals surface area contributed by atoms with E-state index < -0.39 is 0 Å². The summed E-state index contributed by atoms with van der Waals surface area (Å²) in [4.78, 5) is 0. The molecule has 0 spiro atoms. The summed E-state index contributed by atoms with van der Waals surface area (Å²) in [5, 5.41) is 0.691. The van der Waals surface area contributed by atoms with Crippen molar-refractivity contribution in [3.63, 3.8) is 0 Å². The zero-order valence-electron chi connectivity index (χ0n) is 13.1. The predicted octanol–water partition coefficient (Wildman–Crippen LogP) is 4.74. The van der Waals surface area contributed by atoms with E-state index >= 15 is 0 Å². The summed E-state index contributed by atoms with van der Waals surface area (Å²) in [6.07, 6.45) is 1.84. The van der Waals surface area contributed by atoms with Crippen molar-refractivity contribution in [3.8, 4) is 5.75 Å². The van der Waals surface area contributed by atoms with Crippen molar-refractivity contribution >= 4 is 24.0 Å². The molecule has 1 aromatic rings. The van der Waals surface area contributed by atoms with Gasteiger partial charge in [-0.3, -0.25) is 0 Å². The summed E-state index contributed by atoms with van der Waals surface area (Å²) >= 11 is 6.39. The highest BCUT2D eigenvalue weighted by Gasteiger charge is 2.22. The Hall–Kier alpha value is -0.440. The number of ether oxygens (including phenoxy) is 1. The maximum atomic E-state index is 6.39. The van der Waals surface area contributed by atoms with Crippen LogP contribution in [-0.4, -0.2) is 12.6 Å². The highest BCUT2D eigenvalue weighted by molar-refractivity contribution is 6.32. The Morgan fingerprint density at radius 3 is 2.35 bits per heavy atom. The molecule has 0 radical (unpaired) electrons. The predicted molar refractivity (Wildman–Crippen MR) is 90.5 cm³/mol. The van der Waals surface area contributed by atoms with Gasteiger partial charge in [0.2, 0.25) is 0 Å². The van der Waals surface area contributed by atoms with E-state index in [4.69, 9.17) is 22.1 Å². The van der Waals surface area contributed by atoms with Gasteiger partial charge in [0, 0.05) is 6.04 Å². The van der Waals surface area contributed by atoms with Gasteiger partial charge in [-0.2, -0.15) is 0 Å². The fraction of sp³-hybridized carbons (Fsp3) is 0.625. The van der Waals surface area contributed by atoms with Crippen LogP contribution in [0.2, 0.25) is 5.02 Å². The quantitative estimate of drug-likeness (QED) is 0.822. The third-order valence-corrected chi connectivity index (χ3v) is 3.90. The zero-order chi connectivity index (χ0) is 14.6. The highest BCUT2D eigenvalue weighted by atomic mass is 35.5. The summed E-state index contributed by atoms with van der Waals surface area (Å²) in [6, 6.07) is 4.32. The molecule has 20 heavy (non-hydrogen) atoms. The van der Waals surface area contributed by atoms with Gasteiger partial charge in [0.05, 0.1) is 11.6 Å². The van der Waals surface area contributed by atoms with Gasteiger partial charge < -0.3 is 10.5 Å². The van der Waals surface area contributed by atoms with Gasteiger partial charge in [0.1, 0.15) is 5.75 Å². The zero-order valence-corrected chi connectivity index (χ0v) is 14.7. The van der Waals surface area contributed by atoms with E-state index in [0.29, 0.717) is 11.6 Å². The fourth-order valence-electron chi connectivity index (χ4n) is 2.05. The lowest BCUT2D eigenvalue weighted by molar-refractivity contribution is 0.335. The number of hydrogen-bond acceptors (Lipinski definition) is 2. The van der Waals surface area contributed by atoms with E-state index in [0.717, 1.165) is 24.2 Å². The molecule has 0 saturated carbocycles. The van der Waals surface area contributed by atoms with Crippen molar-refractivity contribution in [1.82, 2.24) is 0 Å². The normalized spacial score (nSPS) is 12.8. The Bertz CT molecular complexity index is 431. The second-order valence-corrected chi connectivity index (χ2v) is 6.21. The van der Waals surface area contributed by atoms with Crippen LogP contribution in [0.15, 0.2) is 12.1 Å². The van der Waals surface area contributed by atoms with E-state index in [1.165, 1.54) is 5.56 Å². The molecule has 0 aliphatic heterocycles. The maximum absolute atomic E-state index is 6.39. The molecule has 2 N–H and O–H groups in total. The van der Waals surface area contributed by atoms with Crippen LogP contribution in [0.25, 0.3) is 0 Å². The van der Waals surface area contributed by atoms with Crippen LogP contribution < -0.4 is 10.5 Å². The second kappa shape index (κ2) is 8.11. The van der Waals surface area contributed by atoms with E-state index in [1.54, 1.807) is 0 Å². The molecule has 1 unspecified atom stereocenters. The van der Waals surface area contributed by atoms with Crippen LogP contribution in [0.3, 0.4) is 0 Å². The summed E-state index contributed by atoms with van der Waals surface area (Å²) in [7, 11) is 0. The third-order valence-electron chi connectivity index (χ3n) is 3.62. The summed E-state index contributed by atoms with van der Waals surface area (Å²) < 4.78 is 5.68. The van der Waals surface area contributed by atoms with Gasteiger partial charge in [-0.1, -0.05) is 38.4 Å². The van der Waals surface area contributed by atoms with Crippen molar-refractivity contribution in [1.29, 1.82) is 0 Å². The van der Waals surface area contributed by atoms with Crippen LogP contribution in [0, 0.1) is 0 Å². The second-order valence-electron chi connectivity index (χ2n) is 5.80. The molecule has 0 aliphatic rings. The average molecular weight is 320 g/mol. The van der Waals surface area contributed by atoms with Crippen LogP contribution in [0.5, 0.6) is 5.75 Å². The van der Waals surface area contributed by atoms with Crippen LogP contribution in [0.4, 0.5) is 0 Å². The molecule has 0 heterocycles. The first-order chi connectivity index (χ1) is 8.81. The van der Waals surface area contributed by atoms with Crippen molar-refractivity contribution in [2.75, 3.05) is 6.61 Å². The van der Waals surface area contributed by atoms with Crippen molar-refractivity contribution in [2.24, 2.45) is 5.73 Å². The SMILES string of the molecule is CCOc1c(Cl)cc(C(C)(C)CC)cc1CC(C)N.Cl. The molecular formula is C16H27Cl2NO. The van der Waals surface area contributed by atoms with Gasteiger partial charge in [-0.15, -0.1) is 12.4 Å². The lowest BCUT2D eigenvalue weighted by Gasteiger charge is -2.26. The molecule has 0 fully saturated rings. The Kier molecular flexibility index (Phi) is 7.93. The van der Waals surface area contributed by atoms with Gasteiger partial charge >= 0.3 is 0 Å². The minimum Gasteiger partial charge on any atom is -0.492 e. The first-order valence-corrected chi connectivity index (χ1v) is 7.40. The standard InChI is InChI=1S/C16H26ClNO.ClH/c1-6-16(4,5)13-9-12(8-11(3)18)15(19-7-2)14(17)10-13;/h9-11H,6-8,18H2,1-5H3;1H. The Morgan fingerprint density at radius 2 is 1.90 bits per heavy atom. The number of benzene rings is 1. The smallest absolute Gasteiger partial charge is 0.141 e. The van der Waals surface area contributed by atoms with E-state index in [9.17, 15) is 0 Å². The van der Waals surface area contributed by atoms with Crippen LogP contribution >= 0.6 is 24.0 Å². The summed E-state index contributed by atoms with van der Waals surface area (Å²) in [5.74, 6) is 0.789. The van der Waals surface area contributed by atoms with Gasteiger partial charge in [0.25, 0.3) is 0 Å². The molecule has 4 heteroatoms. The lowest BCUT2D eigenvalue weighted by Crippen LogP contribution is -2.20. The minimum absolute atomic E-state index is 0. The molecule has 1 aromatic carbocycles. The highest BCUT2D eigenvalue weighted by Crippen LogP contribution is 2.36. The average Bonchev–Trinajstić information content (AvgIpc) is 2.32. The minimum atomic E-state index is 0. The molecule has 2 nitrogen and oxygen atoms in total. The molecule has 0 aromatic heterocycles. The largest absolute Gasteiger partial charge is 0.492 e. The van der Waals surface area contributed by atoms with E-state index in [1.807, 2.05) is 19.9 Å². The third kappa shape index (κ3) is 4.83. The van der Waals surface area contributed by atoms with E-state index in [2.05, 4.69) is 26.8 Å². The Labute approximate surface area is 134 Å². The first-order valence-electron chi connectivity index (χ1n) is 7.03. The Morgan fingerprint density at radius 1 is 1.30 bits per heavy atom. The van der Waals surface area contributed by atoms with E-state index in [-0.39, 0.29) is 23.9 Å². The number of nitrogens with two attached hydrogens (primary N) is 1. The van der Waals surface area contributed by atoms with Gasteiger partial charge in [-0.25, -0.2) is 0 Å². The first kappa shape index (κ1) is 19.6. The monoisotopic (exact) mass is 319 g/mol. The molecule has 0 amide bonds. The molecule has 1 atom stereocenters. The molecule has 0 saturated heterocycles. The Balaban J connectivity index is 0.00000361. The molecular weight excluding hydrogens is 293 g/mol. The maximum Gasteiger partial charge on any atom is 0.141 e. The molecule has 0 bridgehead atoms. The summed E-state index contributed by atoms with van der Waals surface area (Å²) in [6.45, 7) is 11.2. The van der Waals surface area contributed by atoms with Gasteiger partial charge in [0.15, 0.2) is 0 Å². The molecule has 1 rings (SSSR count). The summed E-state index contributed by atoms with van der Waals surface area (Å²) in [5.41, 5.74) is 8.41. The van der Waals surface area contributed by atoms with Crippen molar-refractivity contribution in [2.45, 2.75) is 58.9 Å². The topological polar surface area (TPSA) is 35.2 Å². The lowest BCUT2D eigenvalue weighted by atomic mass is 9.81. The fourth-order valence-corrected chi connectivity index (χ4v) is 2.34. The number of rotatable bonds is 6. The molecule has 116 valence electrons. The van der Waals surface area contributed by atoms with Crippen LogP contribution in [0.1, 0.15) is 52.2 Å². The van der Waals surface area contributed by atoms with Crippen LogP contribution in [-0.2, 0) is 11.8 Å². The molecule has 0 aliphatic carbocycles. The van der Waals surface area contributed by atoms with Crippen molar-refractivity contribution < 1.29 is 4.74 Å². The number of hydrogen-bond donors (Lipinski definition) is 1. The number of halogens is 2.